The Balaban J connectivity index is 3.07. The molecule has 94 valence electrons. The number of hydrogen-bond acceptors (Lipinski definition) is 3. The van der Waals surface area contributed by atoms with Crippen LogP contribution in [0, 0.1) is 6.92 Å². The summed E-state index contributed by atoms with van der Waals surface area (Å²) in [6, 6.07) is 3.83. The van der Waals surface area contributed by atoms with Gasteiger partial charge in [0, 0.05) is 16.6 Å². The average molecular weight is 302 g/mol. The normalized spacial score (nSPS) is 12.2. The third-order valence-electron chi connectivity index (χ3n) is 2.33. The lowest BCUT2D eigenvalue weighted by molar-refractivity contribution is -0.144. The van der Waals surface area contributed by atoms with Gasteiger partial charge >= 0.3 is 5.97 Å². The largest absolute Gasteiger partial charge is 0.479 e. The minimum Gasteiger partial charge on any atom is -0.479 e. The number of carboxylic acids is 1. The van der Waals surface area contributed by atoms with Crippen LogP contribution in [0.4, 0.5) is 0 Å². The summed E-state index contributed by atoms with van der Waals surface area (Å²) in [5.74, 6) is -0.333. The smallest absolute Gasteiger partial charge is 0.344 e. The Kier molecular flexibility index (Phi) is 4.96. The number of aryl methyl sites for hydroxylation is 1. The number of ether oxygens (including phenoxy) is 1. The van der Waals surface area contributed by atoms with E-state index in [1.54, 1.807) is 0 Å². The highest BCUT2D eigenvalue weighted by Gasteiger charge is 2.16. The third-order valence-corrected chi connectivity index (χ3v) is 2.78. The molecule has 2 N–H and O–H groups in total. The number of nitrogens with one attached hydrogen (secondary N) is 1. The van der Waals surface area contributed by atoms with E-state index in [1.807, 2.05) is 26.1 Å². The van der Waals surface area contributed by atoms with Gasteiger partial charge in [-0.25, -0.2) is 4.79 Å². The number of carbonyl (C=O) groups is 1. The Bertz CT molecular complexity index is 420. The molecule has 0 bridgehead atoms. The van der Waals surface area contributed by atoms with Crippen molar-refractivity contribution in [3.63, 3.8) is 0 Å². The highest BCUT2D eigenvalue weighted by atomic mass is 79.9. The van der Waals surface area contributed by atoms with Crippen LogP contribution in [0.5, 0.6) is 5.75 Å². The maximum Gasteiger partial charge on any atom is 0.344 e. The van der Waals surface area contributed by atoms with Crippen molar-refractivity contribution in [1.29, 1.82) is 0 Å². The van der Waals surface area contributed by atoms with Gasteiger partial charge in [-0.3, -0.25) is 0 Å². The Labute approximate surface area is 109 Å². The number of hydrogen-bond donors (Lipinski definition) is 2. The molecule has 4 nitrogen and oxygen atoms in total. The topological polar surface area (TPSA) is 58.6 Å². The van der Waals surface area contributed by atoms with E-state index in [2.05, 4.69) is 21.2 Å². The molecule has 17 heavy (non-hydrogen) atoms. The lowest BCUT2D eigenvalue weighted by Crippen LogP contribution is -2.24. The maximum absolute atomic E-state index is 10.8. The standard InChI is InChI=1S/C12H16BrNO3/c1-7-4-10(13)5-9(6-14-3)11(7)17-8(2)12(15)16/h4-5,8,14H,6H2,1-3H3,(H,15,16). The van der Waals surface area contributed by atoms with Crippen molar-refractivity contribution in [3.05, 3.63) is 27.7 Å². The van der Waals surface area contributed by atoms with E-state index in [-0.39, 0.29) is 0 Å². The number of carboxylic acid groups (broad SMARTS) is 1. The molecule has 0 aromatic heterocycles. The Morgan fingerprint density at radius 2 is 2.24 bits per heavy atom. The van der Waals surface area contributed by atoms with E-state index in [1.165, 1.54) is 6.92 Å². The quantitative estimate of drug-likeness (QED) is 0.876. The van der Waals surface area contributed by atoms with Crippen molar-refractivity contribution >= 4 is 21.9 Å². The molecule has 1 atom stereocenters. The minimum absolute atomic E-state index is 0.627. The van der Waals surface area contributed by atoms with Gasteiger partial charge in [-0.15, -0.1) is 0 Å². The summed E-state index contributed by atoms with van der Waals surface area (Å²) in [5, 5.41) is 11.9. The van der Waals surface area contributed by atoms with Crippen molar-refractivity contribution in [2.75, 3.05) is 7.05 Å². The fourth-order valence-electron chi connectivity index (χ4n) is 1.52. The van der Waals surface area contributed by atoms with E-state index < -0.39 is 12.1 Å². The van der Waals surface area contributed by atoms with Crippen LogP contribution in [0.1, 0.15) is 18.1 Å². The molecule has 0 fully saturated rings. The highest BCUT2D eigenvalue weighted by Crippen LogP contribution is 2.28. The SMILES string of the molecule is CNCc1cc(Br)cc(C)c1OC(C)C(=O)O. The van der Waals surface area contributed by atoms with E-state index >= 15 is 0 Å². The van der Waals surface area contributed by atoms with Gasteiger partial charge in [0.15, 0.2) is 6.10 Å². The molecule has 0 aliphatic heterocycles. The summed E-state index contributed by atoms with van der Waals surface area (Å²) in [6.07, 6.45) is -0.856. The van der Waals surface area contributed by atoms with Gasteiger partial charge in [-0.05, 0) is 38.6 Å². The van der Waals surface area contributed by atoms with E-state index in [0.29, 0.717) is 12.3 Å². The molecule has 1 rings (SSSR count). The highest BCUT2D eigenvalue weighted by molar-refractivity contribution is 9.10. The van der Waals surface area contributed by atoms with Crippen LogP contribution < -0.4 is 10.1 Å². The molecule has 0 saturated carbocycles. The fourth-order valence-corrected chi connectivity index (χ4v) is 2.14. The molecule has 1 unspecified atom stereocenters. The molecule has 5 heteroatoms. The zero-order valence-corrected chi connectivity index (χ0v) is 11.7. The number of benzene rings is 1. The zero-order valence-electron chi connectivity index (χ0n) is 10.1. The molecule has 0 amide bonds. The second-order valence-corrected chi connectivity index (χ2v) is 4.76. The van der Waals surface area contributed by atoms with Gasteiger partial charge in [0.2, 0.25) is 0 Å². The van der Waals surface area contributed by atoms with Gasteiger partial charge < -0.3 is 15.2 Å². The minimum atomic E-state index is -0.970. The second kappa shape index (κ2) is 6.02. The Morgan fingerprint density at radius 1 is 1.59 bits per heavy atom. The number of aliphatic carboxylic acids is 1. The van der Waals surface area contributed by atoms with Gasteiger partial charge in [0.1, 0.15) is 5.75 Å². The summed E-state index contributed by atoms with van der Waals surface area (Å²) < 4.78 is 6.44. The van der Waals surface area contributed by atoms with Crippen molar-refractivity contribution < 1.29 is 14.6 Å². The molecular formula is C12H16BrNO3. The summed E-state index contributed by atoms with van der Waals surface area (Å²) >= 11 is 3.41. The molecule has 0 radical (unpaired) electrons. The van der Waals surface area contributed by atoms with Crippen LogP contribution in [0.25, 0.3) is 0 Å². The molecular weight excluding hydrogens is 286 g/mol. The summed E-state index contributed by atoms with van der Waals surface area (Å²) in [7, 11) is 1.83. The van der Waals surface area contributed by atoms with Crippen LogP contribution in [0.3, 0.4) is 0 Å². The molecule has 1 aromatic carbocycles. The first-order valence-corrected chi connectivity index (χ1v) is 6.08. The van der Waals surface area contributed by atoms with Gasteiger partial charge in [0.05, 0.1) is 0 Å². The van der Waals surface area contributed by atoms with Crippen LogP contribution in [0.2, 0.25) is 0 Å². The lowest BCUT2D eigenvalue weighted by atomic mass is 10.1. The van der Waals surface area contributed by atoms with Crippen molar-refractivity contribution in [2.45, 2.75) is 26.5 Å². The fraction of sp³-hybridized carbons (Fsp3) is 0.417. The predicted molar refractivity (Wildman–Crippen MR) is 69.4 cm³/mol. The second-order valence-electron chi connectivity index (χ2n) is 3.84. The van der Waals surface area contributed by atoms with E-state index in [4.69, 9.17) is 9.84 Å². The predicted octanol–water partition coefficient (Wildman–Crippen LogP) is 2.33. The van der Waals surface area contributed by atoms with Crippen molar-refractivity contribution in [3.8, 4) is 5.75 Å². The average Bonchev–Trinajstić information content (AvgIpc) is 2.23. The van der Waals surface area contributed by atoms with Gasteiger partial charge in [-0.2, -0.15) is 0 Å². The van der Waals surface area contributed by atoms with Gasteiger partial charge in [0.25, 0.3) is 0 Å². The first-order valence-electron chi connectivity index (χ1n) is 5.28. The molecule has 1 aromatic rings. The van der Waals surface area contributed by atoms with E-state index in [9.17, 15) is 4.79 Å². The van der Waals surface area contributed by atoms with Crippen LogP contribution >= 0.6 is 15.9 Å². The van der Waals surface area contributed by atoms with Crippen LogP contribution in [-0.2, 0) is 11.3 Å². The maximum atomic E-state index is 10.8. The van der Waals surface area contributed by atoms with E-state index in [0.717, 1.165) is 15.6 Å². The monoisotopic (exact) mass is 301 g/mol. The molecule has 0 aliphatic carbocycles. The third kappa shape index (κ3) is 3.71. The van der Waals surface area contributed by atoms with Crippen LogP contribution in [-0.4, -0.2) is 24.2 Å². The number of halogens is 1. The number of rotatable bonds is 5. The van der Waals surface area contributed by atoms with Crippen molar-refractivity contribution in [2.24, 2.45) is 0 Å². The molecule has 0 spiro atoms. The summed E-state index contributed by atoms with van der Waals surface area (Å²) in [6.45, 7) is 4.04. The Hall–Kier alpha value is -1.07. The van der Waals surface area contributed by atoms with Crippen molar-refractivity contribution in [1.82, 2.24) is 5.32 Å². The molecule has 0 aliphatic rings. The summed E-state index contributed by atoms with van der Waals surface area (Å²) in [5.41, 5.74) is 1.85. The van der Waals surface area contributed by atoms with Gasteiger partial charge in [-0.1, -0.05) is 15.9 Å². The van der Waals surface area contributed by atoms with Crippen LogP contribution in [0.15, 0.2) is 16.6 Å². The summed E-state index contributed by atoms with van der Waals surface area (Å²) in [4.78, 5) is 10.8. The molecule has 0 saturated heterocycles. The molecule has 0 heterocycles. The Morgan fingerprint density at radius 3 is 2.76 bits per heavy atom. The lowest BCUT2D eigenvalue weighted by Gasteiger charge is -2.17. The zero-order chi connectivity index (χ0) is 13.0. The first kappa shape index (κ1) is 14.0. The first-order chi connectivity index (χ1) is 7.95.